The Morgan fingerprint density at radius 1 is 1.03 bits per heavy atom. The second-order valence-corrected chi connectivity index (χ2v) is 10.8. The van der Waals surface area contributed by atoms with Gasteiger partial charge in [0.05, 0.1) is 15.9 Å². The number of imidazole rings is 1. The van der Waals surface area contributed by atoms with E-state index in [1.165, 1.54) is 0 Å². The molecule has 2 heterocycles. The van der Waals surface area contributed by atoms with Crippen LogP contribution in [0, 0.1) is 0 Å². The number of fused-ring (bicyclic) bond motifs is 1. The number of hydrogen-bond donors (Lipinski definition) is 3. The molecule has 2 aromatic heterocycles. The number of nitrogens with zero attached hydrogens (tertiary/aromatic N) is 3. The van der Waals surface area contributed by atoms with E-state index in [-0.39, 0.29) is 22.8 Å². The van der Waals surface area contributed by atoms with Crippen LogP contribution in [0.3, 0.4) is 0 Å². The number of para-hydroxylation sites is 1. The lowest BCUT2D eigenvalue weighted by molar-refractivity contribution is 0.317. The van der Waals surface area contributed by atoms with Gasteiger partial charge in [-0.25, -0.2) is 18.1 Å². The van der Waals surface area contributed by atoms with Gasteiger partial charge < -0.3 is 14.7 Å². The molecule has 0 aliphatic heterocycles. The highest BCUT2D eigenvalue weighted by atomic mass is 32.2. The summed E-state index contributed by atoms with van der Waals surface area (Å²) in [7, 11) is -3.66. The summed E-state index contributed by atoms with van der Waals surface area (Å²) in [5.41, 5.74) is 2.24. The first-order valence-corrected chi connectivity index (χ1v) is 13.0. The number of rotatable bonds is 7. The molecule has 0 atom stereocenters. The van der Waals surface area contributed by atoms with Gasteiger partial charge in [-0.1, -0.05) is 32.0 Å². The van der Waals surface area contributed by atoms with Gasteiger partial charge in [-0.05, 0) is 56.0 Å². The molecule has 5 rings (SSSR count). The average Bonchev–Trinajstić information content (AvgIpc) is 3.47. The molecule has 4 aromatic rings. The third-order valence-electron chi connectivity index (χ3n) is 6.15. The van der Waals surface area contributed by atoms with Gasteiger partial charge in [0.25, 0.3) is 0 Å². The van der Waals surface area contributed by atoms with Crippen LogP contribution in [0.4, 0.5) is 11.6 Å². The largest absolute Gasteiger partial charge is 0.425 e. The first-order chi connectivity index (χ1) is 16.4. The topological polar surface area (TPSA) is 126 Å². The number of aromatic nitrogens is 4. The molecule has 9 nitrogen and oxygen atoms in total. The SMILES string of the molecule is CC(C)c1nnc(C2CCC(NS(=O)(=O)c3ccc4nc(Nc5ccccc5)[nH]c4c3)CC2)o1. The van der Waals surface area contributed by atoms with E-state index in [1.54, 1.807) is 18.2 Å². The summed E-state index contributed by atoms with van der Waals surface area (Å²) in [5.74, 6) is 2.24. The molecular weight excluding hydrogens is 452 g/mol. The smallest absolute Gasteiger partial charge is 0.240 e. The second-order valence-electron chi connectivity index (χ2n) is 9.06. The van der Waals surface area contributed by atoms with E-state index in [9.17, 15) is 8.42 Å². The number of aromatic amines is 1. The van der Waals surface area contributed by atoms with Gasteiger partial charge in [0.2, 0.25) is 27.8 Å². The summed E-state index contributed by atoms with van der Waals surface area (Å²) in [6.07, 6.45) is 3.06. The molecule has 0 bridgehead atoms. The molecule has 178 valence electrons. The van der Waals surface area contributed by atoms with Crippen molar-refractivity contribution in [3.63, 3.8) is 0 Å². The van der Waals surface area contributed by atoms with Gasteiger partial charge in [0.1, 0.15) is 0 Å². The Morgan fingerprint density at radius 2 is 1.79 bits per heavy atom. The molecular formula is C24H28N6O3S. The molecule has 1 saturated carbocycles. The number of benzene rings is 2. The molecule has 0 spiro atoms. The summed E-state index contributed by atoms with van der Waals surface area (Å²) in [5, 5.41) is 11.5. The first kappa shape index (κ1) is 22.5. The van der Waals surface area contributed by atoms with E-state index in [0.29, 0.717) is 28.8 Å². The van der Waals surface area contributed by atoms with E-state index < -0.39 is 10.0 Å². The highest BCUT2D eigenvalue weighted by molar-refractivity contribution is 7.89. The minimum Gasteiger partial charge on any atom is -0.425 e. The van der Waals surface area contributed by atoms with Gasteiger partial charge in [-0.2, -0.15) is 0 Å². The summed E-state index contributed by atoms with van der Waals surface area (Å²) < 4.78 is 34.8. The van der Waals surface area contributed by atoms with Crippen LogP contribution >= 0.6 is 0 Å². The molecule has 1 fully saturated rings. The Morgan fingerprint density at radius 3 is 2.50 bits per heavy atom. The van der Waals surface area contributed by atoms with Crippen molar-refractivity contribution >= 4 is 32.7 Å². The summed E-state index contributed by atoms with van der Waals surface area (Å²) >= 11 is 0. The van der Waals surface area contributed by atoms with Crippen molar-refractivity contribution in [2.75, 3.05) is 5.32 Å². The molecule has 0 saturated heterocycles. The third kappa shape index (κ3) is 4.83. The maximum atomic E-state index is 13.1. The quantitative estimate of drug-likeness (QED) is 0.346. The van der Waals surface area contributed by atoms with Crippen LogP contribution in [-0.4, -0.2) is 34.6 Å². The maximum absolute atomic E-state index is 13.1. The van der Waals surface area contributed by atoms with Crippen molar-refractivity contribution < 1.29 is 12.8 Å². The van der Waals surface area contributed by atoms with Crippen molar-refractivity contribution in [2.24, 2.45) is 0 Å². The van der Waals surface area contributed by atoms with E-state index >= 15 is 0 Å². The van der Waals surface area contributed by atoms with Gasteiger partial charge in [0.15, 0.2) is 0 Å². The van der Waals surface area contributed by atoms with Crippen LogP contribution in [0.1, 0.15) is 63.1 Å². The number of sulfonamides is 1. The zero-order valence-corrected chi connectivity index (χ0v) is 20.0. The van der Waals surface area contributed by atoms with Crippen LogP contribution < -0.4 is 10.0 Å². The molecule has 0 amide bonds. The standard InChI is InChI=1S/C24H28N6O3S/c1-15(2)22-28-29-23(33-22)16-8-10-18(11-9-16)30-34(31,32)19-12-13-20-21(14-19)27-24(26-20)25-17-6-4-3-5-7-17/h3-7,12-16,18,30H,8-11H2,1-2H3,(H2,25,26,27). The molecule has 2 aromatic carbocycles. The van der Waals surface area contributed by atoms with Crippen LogP contribution in [0.25, 0.3) is 11.0 Å². The highest BCUT2D eigenvalue weighted by Crippen LogP contribution is 2.33. The fourth-order valence-electron chi connectivity index (χ4n) is 4.26. The van der Waals surface area contributed by atoms with Crippen LogP contribution in [0.5, 0.6) is 0 Å². The van der Waals surface area contributed by atoms with E-state index in [0.717, 1.165) is 31.4 Å². The predicted octanol–water partition coefficient (Wildman–Crippen LogP) is 4.82. The van der Waals surface area contributed by atoms with E-state index in [4.69, 9.17) is 4.42 Å². The number of anilines is 2. The Kier molecular flexibility index (Phi) is 6.09. The van der Waals surface area contributed by atoms with Gasteiger partial charge in [-0.15, -0.1) is 10.2 Å². The van der Waals surface area contributed by atoms with Crippen molar-refractivity contribution in [1.82, 2.24) is 24.9 Å². The van der Waals surface area contributed by atoms with Gasteiger partial charge >= 0.3 is 0 Å². The zero-order chi connectivity index (χ0) is 23.7. The molecule has 10 heteroatoms. The molecule has 1 aliphatic carbocycles. The van der Waals surface area contributed by atoms with E-state index in [1.807, 2.05) is 44.2 Å². The van der Waals surface area contributed by atoms with E-state index in [2.05, 4.69) is 30.2 Å². The number of H-pyrrole nitrogens is 1. The lowest BCUT2D eigenvalue weighted by Crippen LogP contribution is -2.37. The van der Waals surface area contributed by atoms with Crippen LogP contribution in [0.2, 0.25) is 0 Å². The monoisotopic (exact) mass is 480 g/mol. The third-order valence-corrected chi connectivity index (χ3v) is 7.67. The van der Waals surface area contributed by atoms with Crippen molar-refractivity contribution in [3.05, 3.63) is 60.3 Å². The number of nitrogens with one attached hydrogen (secondary N) is 3. The molecule has 34 heavy (non-hydrogen) atoms. The highest BCUT2D eigenvalue weighted by Gasteiger charge is 2.29. The second kappa shape index (κ2) is 9.19. The normalized spacial score (nSPS) is 19.0. The van der Waals surface area contributed by atoms with Crippen molar-refractivity contribution in [2.45, 2.75) is 62.3 Å². The molecule has 1 aliphatic rings. The van der Waals surface area contributed by atoms with Gasteiger partial charge in [0, 0.05) is 23.6 Å². The fourth-order valence-corrected chi connectivity index (χ4v) is 5.59. The van der Waals surface area contributed by atoms with Crippen molar-refractivity contribution in [3.8, 4) is 0 Å². The Bertz CT molecular complexity index is 1370. The number of hydrogen-bond acceptors (Lipinski definition) is 7. The summed E-state index contributed by atoms with van der Waals surface area (Å²) in [6, 6.07) is 14.5. The predicted molar refractivity (Wildman–Crippen MR) is 130 cm³/mol. The average molecular weight is 481 g/mol. The maximum Gasteiger partial charge on any atom is 0.240 e. The summed E-state index contributed by atoms with van der Waals surface area (Å²) in [6.45, 7) is 4.04. The summed E-state index contributed by atoms with van der Waals surface area (Å²) in [4.78, 5) is 7.87. The Labute approximate surface area is 198 Å². The minimum absolute atomic E-state index is 0.124. The first-order valence-electron chi connectivity index (χ1n) is 11.5. The molecule has 3 N–H and O–H groups in total. The fraction of sp³-hybridized carbons (Fsp3) is 0.375. The van der Waals surface area contributed by atoms with Gasteiger partial charge in [-0.3, -0.25) is 0 Å². The lowest BCUT2D eigenvalue weighted by atomic mass is 9.86. The van der Waals surface area contributed by atoms with Crippen LogP contribution in [-0.2, 0) is 10.0 Å². The Hall–Kier alpha value is -3.24. The Balaban J connectivity index is 1.24. The lowest BCUT2D eigenvalue weighted by Gasteiger charge is -2.27. The molecule has 0 radical (unpaired) electrons. The zero-order valence-electron chi connectivity index (χ0n) is 19.2. The molecule has 0 unspecified atom stereocenters. The minimum atomic E-state index is -3.66. The van der Waals surface area contributed by atoms with Crippen molar-refractivity contribution in [1.29, 1.82) is 0 Å². The van der Waals surface area contributed by atoms with Crippen LogP contribution in [0.15, 0.2) is 57.8 Å².